The van der Waals surface area contributed by atoms with Crippen LogP contribution in [0.2, 0.25) is 10.0 Å². The molecule has 0 saturated heterocycles. The number of ether oxygens (including phenoxy) is 2. The van der Waals surface area contributed by atoms with Crippen molar-refractivity contribution in [2.45, 2.75) is 25.6 Å². The molecule has 24 heavy (non-hydrogen) atoms. The Morgan fingerprint density at radius 2 is 1.67 bits per heavy atom. The second-order valence-corrected chi connectivity index (χ2v) is 6.36. The molecule has 1 N–H and O–H groups in total. The van der Waals surface area contributed by atoms with Crippen LogP contribution in [0.3, 0.4) is 0 Å². The Kier molecular flexibility index (Phi) is 5.17. The number of hydrogen-bond acceptors (Lipinski definition) is 3. The van der Waals surface area contributed by atoms with E-state index in [1.165, 1.54) is 0 Å². The predicted octanol–water partition coefficient (Wildman–Crippen LogP) is 3.88. The highest BCUT2D eigenvalue weighted by Crippen LogP contribution is 2.33. The summed E-state index contributed by atoms with van der Waals surface area (Å²) in [5.41, 5.74) is 0.820. The lowest BCUT2D eigenvalue weighted by atomic mass is 10.1. The largest absolute Gasteiger partial charge is 0.482 e. The van der Waals surface area contributed by atoms with Gasteiger partial charge in [-0.25, -0.2) is 0 Å². The maximum Gasteiger partial charge on any atom is 0.265 e. The Balaban J connectivity index is 1.60. The molecule has 0 bridgehead atoms. The van der Waals surface area contributed by atoms with Gasteiger partial charge in [-0.1, -0.05) is 41.4 Å². The summed E-state index contributed by atoms with van der Waals surface area (Å²) in [5, 5.41) is 4.04. The molecule has 2 aromatic rings. The zero-order valence-corrected chi connectivity index (χ0v) is 14.6. The van der Waals surface area contributed by atoms with Crippen molar-refractivity contribution in [3.8, 4) is 11.5 Å². The van der Waals surface area contributed by atoms with E-state index < -0.39 is 6.10 Å². The lowest BCUT2D eigenvalue weighted by Crippen LogP contribution is -2.49. The molecule has 0 aliphatic carbocycles. The number of amides is 1. The molecule has 0 saturated carbocycles. The van der Waals surface area contributed by atoms with Crippen LogP contribution in [-0.4, -0.2) is 24.7 Å². The average molecular weight is 366 g/mol. The molecular formula is C18H17Cl2NO3. The monoisotopic (exact) mass is 365 g/mol. The highest BCUT2D eigenvalue weighted by Gasteiger charge is 2.33. The van der Waals surface area contributed by atoms with Crippen LogP contribution in [0.1, 0.15) is 12.5 Å². The maximum absolute atomic E-state index is 12.4. The third-order valence-corrected chi connectivity index (χ3v) is 4.54. The Bertz CT molecular complexity index is 731. The maximum atomic E-state index is 12.4. The van der Waals surface area contributed by atoms with E-state index in [4.69, 9.17) is 32.7 Å². The number of fused-ring (bicyclic) bond motifs is 1. The van der Waals surface area contributed by atoms with Crippen molar-refractivity contribution >= 4 is 29.1 Å². The third-order valence-electron chi connectivity index (χ3n) is 3.84. The molecular weight excluding hydrogens is 349 g/mol. The summed E-state index contributed by atoms with van der Waals surface area (Å²) in [6.07, 6.45) is -0.520. The van der Waals surface area contributed by atoms with Gasteiger partial charge in [0.25, 0.3) is 5.91 Å². The van der Waals surface area contributed by atoms with Crippen molar-refractivity contribution in [1.82, 2.24) is 5.32 Å². The van der Waals surface area contributed by atoms with E-state index in [1.54, 1.807) is 24.3 Å². The molecule has 3 rings (SSSR count). The van der Waals surface area contributed by atoms with E-state index in [0.717, 1.165) is 5.56 Å². The highest BCUT2D eigenvalue weighted by atomic mass is 35.5. The van der Waals surface area contributed by atoms with Crippen LogP contribution >= 0.6 is 23.2 Å². The van der Waals surface area contributed by atoms with Crippen molar-refractivity contribution < 1.29 is 14.3 Å². The molecule has 1 aliphatic rings. The van der Waals surface area contributed by atoms with E-state index in [2.05, 4.69) is 5.32 Å². The van der Waals surface area contributed by atoms with E-state index >= 15 is 0 Å². The lowest BCUT2D eigenvalue weighted by molar-refractivity contribution is -0.133. The van der Waals surface area contributed by atoms with Crippen LogP contribution in [0.5, 0.6) is 11.5 Å². The Hall–Kier alpha value is -1.91. The molecule has 1 heterocycles. The molecule has 6 heteroatoms. The Morgan fingerprint density at radius 3 is 2.33 bits per heavy atom. The fourth-order valence-electron chi connectivity index (χ4n) is 2.59. The zero-order valence-electron chi connectivity index (χ0n) is 13.1. The molecule has 1 amide bonds. The van der Waals surface area contributed by atoms with E-state index in [-0.39, 0.29) is 12.0 Å². The first-order chi connectivity index (χ1) is 11.6. The minimum absolute atomic E-state index is 0.222. The molecule has 2 aromatic carbocycles. The van der Waals surface area contributed by atoms with Gasteiger partial charge >= 0.3 is 0 Å². The fraction of sp³-hybridized carbons (Fsp3) is 0.278. The van der Waals surface area contributed by atoms with E-state index in [9.17, 15) is 4.79 Å². The molecule has 2 unspecified atom stereocenters. The highest BCUT2D eigenvalue weighted by molar-refractivity contribution is 6.36. The SMILES string of the molecule is CC1Oc2ccccc2OC1C(=O)NCCc1c(Cl)cccc1Cl. The number of carbonyl (C=O) groups excluding carboxylic acids is 1. The Morgan fingerprint density at radius 1 is 1.04 bits per heavy atom. The van der Waals surface area contributed by atoms with Gasteiger partial charge in [0.05, 0.1) is 0 Å². The number of halogens is 2. The summed E-state index contributed by atoms with van der Waals surface area (Å²) in [7, 11) is 0. The summed E-state index contributed by atoms with van der Waals surface area (Å²) in [5.74, 6) is 1.00. The van der Waals surface area contributed by atoms with E-state index in [1.807, 2.05) is 25.1 Å². The first-order valence-electron chi connectivity index (χ1n) is 7.69. The fourth-order valence-corrected chi connectivity index (χ4v) is 3.18. The van der Waals surface area contributed by atoms with Crippen molar-refractivity contribution in [3.63, 3.8) is 0 Å². The van der Waals surface area contributed by atoms with Crippen LogP contribution in [0.4, 0.5) is 0 Å². The molecule has 0 spiro atoms. The second-order valence-electron chi connectivity index (χ2n) is 5.55. The van der Waals surface area contributed by atoms with Gasteiger partial charge in [0.1, 0.15) is 6.10 Å². The summed E-state index contributed by atoms with van der Waals surface area (Å²) in [4.78, 5) is 12.4. The number of nitrogens with one attached hydrogen (secondary N) is 1. The number of hydrogen-bond donors (Lipinski definition) is 1. The predicted molar refractivity (Wildman–Crippen MR) is 94.1 cm³/mol. The van der Waals surface area contributed by atoms with Gasteiger partial charge < -0.3 is 14.8 Å². The quantitative estimate of drug-likeness (QED) is 0.894. The van der Waals surface area contributed by atoms with Gasteiger partial charge in [-0.2, -0.15) is 0 Å². The van der Waals surface area contributed by atoms with Crippen LogP contribution in [0.15, 0.2) is 42.5 Å². The first kappa shape index (κ1) is 16.9. The number of para-hydroxylation sites is 2. The summed E-state index contributed by atoms with van der Waals surface area (Å²) in [6, 6.07) is 12.7. The molecule has 4 nitrogen and oxygen atoms in total. The first-order valence-corrected chi connectivity index (χ1v) is 8.45. The van der Waals surface area contributed by atoms with E-state index in [0.29, 0.717) is 34.5 Å². The standard InChI is InChI=1S/C18H17Cl2NO3/c1-11-17(24-16-8-3-2-7-15(16)23-11)18(22)21-10-9-12-13(19)5-4-6-14(12)20/h2-8,11,17H,9-10H2,1H3,(H,21,22). The lowest BCUT2D eigenvalue weighted by Gasteiger charge is -2.31. The van der Waals surface area contributed by atoms with Crippen LogP contribution in [0, 0.1) is 0 Å². The van der Waals surface area contributed by atoms with Crippen molar-refractivity contribution in [1.29, 1.82) is 0 Å². The summed E-state index contributed by atoms with van der Waals surface area (Å²) in [6.45, 7) is 2.22. The number of carbonyl (C=O) groups is 1. The molecule has 126 valence electrons. The normalized spacial score (nSPS) is 19.0. The van der Waals surface area contributed by atoms with Crippen molar-refractivity contribution in [3.05, 3.63) is 58.1 Å². The van der Waals surface area contributed by atoms with Gasteiger partial charge in [0.2, 0.25) is 6.10 Å². The van der Waals surface area contributed by atoms with Gasteiger partial charge in [-0.15, -0.1) is 0 Å². The zero-order chi connectivity index (χ0) is 17.1. The molecule has 0 radical (unpaired) electrons. The topological polar surface area (TPSA) is 47.6 Å². The molecule has 2 atom stereocenters. The minimum atomic E-state index is -0.693. The number of rotatable bonds is 4. The summed E-state index contributed by atoms with van der Waals surface area (Å²) < 4.78 is 11.5. The second kappa shape index (κ2) is 7.32. The van der Waals surface area contributed by atoms with Crippen LogP contribution < -0.4 is 14.8 Å². The van der Waals surface area contributed by atoms with Crippen molar-refractivity contribution in [2.24, 2.45) is 0 Å². The molecule has 0 fully saturated rings. The van der Waals surface area contributed by atoms with Gasteiger partial charge in [-0.05, 0) is 43.2 Å². The third kappa shape index (κ3) is 3.60. The molecule has 1 aliphatic heterocycles. The van der Waals surface area contributed by atoms with Crippen molar-refractivity contribution in [2.75, 3.05) is 6.54 Å². The smallest absolute Gasteiger partial charge is 0.265 e. The molecule has 0 aromatic heterocycles. The number of benzene rings is 2. The summed E-state index contributed by atoms with van der Waals surface area (Å²) >= 11 is 12.3. The van der Waals surface area contributed by atoms with Gasteiger partial charge in [-0.3, -0.25) is 4.79 Å². The minimum Gasteiger partial charge on any atom is -0.482 e. The average Bonchev–Trinajstić information content (AvgIpc) is 2.56. The van der Waals surface area contributed by atoms with Crippen LogP contribution in [0.25, 0.3) is 0 Å². The Labute approximate surface area is 150 Å². The van der Waals surface area contributed by atoms with Gasteiger partial charge in [0.15, 0.2) is 11.5 Å². The van der Waals surface area contributed by atoms with Gasteiger partial charge in [0, 0.05) is 16.6 Å². The van der Waals surface area contributed by atoms with Crippen LogP contribution in [-0.2, 0) is 11.2 Å².